The van der Waals surface area contributed by atoms with Crippen LogP contribution in [-0.4, -0.2) is 33.5 Å². The lowest BCUT2D eigenvalue weighted by atomic mass is 10.1. The number of hydrogen-bond donors (Lipinski definition) is 0. The average Bonchev–Trinajstić information content (AvgIpc) is 3.21. The molecule has 2 aromatic heterocycles. The van der Waals surface area contributed by atoms with Gasteiger partial charge in [0.25, 0.3) is 5.89 Å². The monoisotopic (exact) mass is 338 g/mol. The van der Waals surface area contributed by atoms with Gasteiger partial charge in [-0.2, -0.15) is 8.78 Å². The molecule has 3 aromatic rings. The Morgan fingerprint density at radius 3 is 2.71 bits per heavy atom. The van der Waals surface area contributed by atoms with E-state index >= 15 is 0 Å². The number of ether oxygens (including phenoxy) is 1. The van der Waals surface area contributed by atoms with Crippen molar-refractivity contribution in [3.63, 3.8) is 0 Å². The van der Waals surface area contributed by atoms with E-state index in [2.05, 4.69) is 15.2 Å². The van der Waals surface area contributed by atoms with Crippen molar-refractivity contribution in [1.82, 2.24) is 19.7 Å². The first-order chi connectivity index (χ1) is 11.6. The summed E-state index contributed by atoms with van der Waals surface area (Å²) in [5.74, 6) is -1.04. The van der Waals surface area contributed by atoms with Gasteiger partial charge in [-0.15, -0.1) is 10.2 Å². The Labute approximate surface area is 134 Å². The zero-order chi connectivity index (χ0) is 17.1. The number of methoxy groups -OCH3 is 1. The lowest BCUT2D eigenvalue weighted by Crippen LogP contribution is -2.05. The van der Waals surface area contributed by atoms with Crippen LogP contribution in [0.3, 0.4) is 0 Å². The fraction of sp³-hybridized carbons (Fsp3) is 0.267. The maximum absolute atomic E-state index is 14.0. The second-order valence-corrected chi connectivity index (χ2v) is 4.91. The zero-order valence-electron chi connectivity index (χ0n) is 12.6. The molecule has 6 nitrogen and oxygen atoms in total. The highest BCUT2D eigenvalue weighted by atomic mass is 19.3. The third-order valence-electron chi connectivity index (χ3n) is 3.28. The van der Waals surface area contributed by atoms with Crippen molar-refractivity contribution in [2.45, 2.75) is 13.0 Å². The van der Waals surface area contributed by atoms with Crippen LogP contribution in [0, 0.1) is 5.82 Å². The predicted molar refractivity (Wildman–Crippen MR) is 77.7 cm³/mol. The molecule has 24 heavy (non-hydrogen) atoms. The maximum atomic E-state index is 14.0. The molecule has 0 bridgehead atoms. The van der Waals surface area contributed by atoms with E-state index in [0.717, 1.165) is 6.07 Å². The van der Waals surface area contributed by atoms with Crippen molar-refractivity contribution >= 4 is 0 Å². The minimum absolute atomic E-state index is 0.180. The molecule has 0 N–H and O–H groups in total. The molecule has 2 heterocycles. The van der Waals surface area contributed by atoms with Crippen LogP contribution >= 0.6 is 0 Å². The topological polar surface area (TPSA) is 66.0 Å². The molecular weight excluding hydrogens is 325 g/mol. The van der Waals surface area contributed by atoms with E-state index in [1.165, 1.54) is 6.07 Å². The second-order valence-electron chi connectivity index (χ2n) is 4.91. The first-order valence-corrected chi connectivity index (χ1v) is 7.01. The van der Waals surface area contributed by atoms with E-state index in [-0.39, 0.29) is 11.5 Å². The summed E-state index contributed by atoms with van der Waals surface area (Å²) in [6.45, 7) is 1.00. The molecule has 0 aliphatic rings. The molecule has 0 aliphatic heterocycles. The summed E-state index contributed by atoms with van der Waals surface area (Å²) in [6.07, 6.45) is 0.435. The highest BCUT2D eigenvalue weighted by Crippen LogP contribution is 2.28. The Morgan fingerprint density at radius 1 is 1.21 bits per heavy atom. The Hall–Kier alpha value is -2.68. The Kier molecular flexibility index (Phi) is 4.61. The molecule has 0 atom stereocenters. The van der Waals surface area contributed by atoms with Gasteiger partial charge in [-0.25, -0.2) is 9.37 Å². The Morgan fingerprint density at radius 2 is 2.00 bits per heavy atom. The molecule has 126 valence electrons. The molecule has 0 saturated carbocycles. The lowest BCUT2D eigenvalue weighted by Gasteiger charge is -2.08. The van der Waals surface area contributed by atoms with E-state index in [1.807, 2.05) is 0 Å². The van der Waals surface area contributed by atoms with E-state index < -0.39 is 18.1 Å². The normalized spacial score (nSPS) is 11.4. The number of benzene rings is 1. The van der Waals surface area contributed by atoms with Gasteiger partial charge in [0.15, 0.2) is 0 Å². The summed E-state index contributed by atoms with van der Waals surface area (Å²) in [4.78, 5) is 4.20. The number of nitrogens with zero attached hydrogens (tertiary/aromatic N) is 4. The van der Waals surface area contributed by atoms with E-state index in [4.69, 9.17) is 9.15 Å². The summed E-state index contributed by atoms with van der Waals surface area (Å²) >= 11 is 0. The molecule has 0 amide bonds. The molecule has 0 spiro atoms. The number of aromatic nitrogens is 4. The van der Waals surface area contributed by atoms with Crippen molar-refractivity contribution < 1.29 is 22.3 Å². The smallest absolute Gasteiger partial charge is 0.314 e. The van der Waals surface area contributed by atoms with Crippen LogP contribution in [0.2, 0.25) is 0 Å². The van der Waals surface area contributed by atoms with Crippen molar-refractivity contribution in [2.75, 3.05) is 13.7 Å². The van der Waals surface area contributed by atoms with Gasteiger partial charge >= 0.3 is 6.43 Å². The van der Waals surface area contributed by atoms with Crippen LogP contribution in [0.25, 0.3) is 22.8 Å². The van der Waals surface area contributed by atoms with Crippen LogP contribution in [0.15, 0.2) is 35.0 Å². The van der Waals surface area contributed by atoms with Crippen molar-refractivity contribution in [3.8, 4) is 22.8 Å². The summed E-state index contributed by atoms with van der Waals surface area (Å²) < 4.78 is 50.7. The number of imidazole rings is 1. The van der Waals surface area contributed by atoms with Gasteiger partial charge in [-0.3, -0.25) is 0 Å². The molecule has 1 aromatic carbocycles. The van der Waals surface area contributed by atoms with Crippen LogP contribution in [0.5, 0.6) is 0 Å². The quantitative estimate of drug-likeness (QED) is 0.690. The van der Waals surface area contributed by atoms with Crippen LogP contribution in [0.1, 0.15) is 12.3 Å². The lowest BCUT2D eigenvalue weighted by molar-refractivity contribution is 0.116. The van der Waals surface area contributed by atoms with E-state index in [0.29, 0.717) is 24.5 Å². The number of alkyl halides is 2. The highest BCUT2D eigenvalue weighted by Gasteiger charge is 2.18. The average molecular weight is 338 g/mol. The molecule has 0 unspecified atom stereocenters. The minimum atomic E-state index is -2.88. The number of halogens is 3. The minimum Gasteiger partial charge on any atom is -0.415 e. The van der Waals surface area contributed by atoms with Gasteiger partial charge in [0.05, 0.1) is 6.61 Å². The van der Waals surface area contributed by atoms with Crippen LogP contribution < -0.4 is 0 Å². The van der Waals surface area contributed by atoms with Crippen LogP contribution in [-0.2, 0) is 11.3 Å². The van der Waals surface area contributed by atoms with Crippen molar-refractivity contribution in [3.05, 3.63) is 42.3 Å². The Balaban J connectivity index is 1.98. The molecule has 0 aliphatic carbocycles. The van der Waals surface area contributed by atoms with Gasteiger partial charge in [0.1, 0.15) is 11.6 Å². The highest BCUT2D eigenvalue weighted by molar-refractivity contribution is 5.65. The van der Waals surface area contributed by atoms with E-state index in [9.17, 15) is 13.2 Å². The SMILES string of the molecule is COCCn1ccnc1-c1cc(F)cc(-c2nnc(C(F)F)o2)c1. The van der Waals surface area contributed by atoms with Gasteiger partial charge in [-0.1, -0.05) is 0 Å². The zero-order valence-corrected chi connectivity index (χ0v) is 12.6. The third kappa shape index (κ3) is 3.30. The molecule has 9 heteroatoms. The van der Waals surface area contributed by atoms with Gasteiger partial charge in [0.2, 0.25) is 5.89 Å². The maximum Gasteiger partial charge on any atom is 0.314 e. The number of hydrogen-bond acceptors (Lipinski definition) is 5. The van der Waals surface area contributed by atoms with Gasteiger partial charge in [0, 0.05) is 37.2 Å². The Bertz CT molecular complexity index is 832. The van der Waals surface area contributed by atoms with Crippen LogP contribution in [0.4, 0.5) is 13.2 Å². The molecular formula is C15H13F3N4O2. The second kappa shape index (κ2) is 6.83. The fourth-order valence-electron chi connectivity index (χ4n) is 2.22. The third-order valence-corrected chi connectivity index (χ3v) is 3.28. The van der Waals surface area contributed by atoms with Gasteiger partial charge in [-0.05, 0) is 18.2 Å². The molecule has 0 fully saturated rings. The standard InChI is InChI=1S/C15H13F3N4O2/c1-23-5-4-22-3-2-19-13(22)9-6-10(8-11(16)7-9)14-20-21-15(24-14)12(17)18/h2-3,6-8,12H,4-5H2,1H3. The fourth-order valence-corrected chi connectivity index (χ4v) is 2.22. The molecule has 0 saturated heterocycles. The molecule has 0 radical (unpaired) electrons. The number of rotatable bonds is 6. The predicted octanol–water partition coefficient (Wildman–Crippen LogP) is 3.32. The van der Waals surface area contributed by atoms with Crippen molar-refractivity contribution in [2.24, 2.45) is 0 Å². The summed E-state index contributed by atoms with van der Waals surface area (Å²) in [5, 5.41) is 6.78. The summed E-state index contributed by atoms with van der Waals surface area (Å²) in [6, 6.07) is 3.98. The largest absolute Gasteiger partial charge is 0.415 e. The first kappa shape index (κ1) is 16.2. The summed E-state index contributed by atoms with van der Waals surface area (Å²) in [5.41, 5.74) is 0.661. The van der Waals surface area contributed by atoms with Crippen molar-refractivity contribution in [1.29, 1.82) is 0 Å². The summed E-state index contributed by atoms with van der Waals surface area (Å²) in [7, 11) is 1.58. The first-order valence-electron chi connectivity index (χ1n) is 7.01. The van der Waals surface area contributed by atoms with Gasteiger partial charge < -0.3 is 13.7 Å². The van der Waals surface area contributed by atoms with E-state index in [1.54, 1.807) is 30.1 Å². The molecule has 3 rings (SSSR count).